The Morgan fingerprint density at radius 2 is 2.08 bits per heavy atom. The molecule has 0 bridgehead atoms. The van der Waals surface area contributed by atoms with Crippen molar-refractivity contribution in [3.8, 4) is 0 Å². The van der Waals surface area contributed by atoms with Gasteiger partial charge in [0.1, 0.15) is 0 Å². The van der Waals surface area contributed by atoms with Crippen molar-refractivity contribution < 1.29 is 4.79 Å². The molecule has 0 spiro atoms. The Morgan fingerprint density at radius 3 is 2.76 bits per heavy atom. The number of hydrogen-bond acceptors (Lipinski definition) is 2. The van der Waals surface area contributed by atoms with Gasteiger partial charge < -0.3 is 10.2 Å². The highest BCUT2D eigenvalue weighted by Crippen LogP contribution is 2.19. The number of benzene rings is 1. The van der Waals surface area contributed by atoms with E-state index in [2.05, 4.69) is 28.4 Å². The van der Waals surface area contributed by atoms with Crippen molar-refractivity contribution in [2.24, 2.45) is 0 Å². The summed E-state index contributed by atoms with van der Waals surface area (Å²) in [6.45, 7) is 5.18. The zero-order valence-corrected chi connectivity index (χ0v) is 15.4. The van der Waals surface area contributed by atoms with Crippen LogP contribution in [0.25, 0.3) is 0 Å². The van der Waals surface area contributed by atoms with E-state index in [9.17, 15) is 4.79 Å². The van der Waals surface area contributed by atoms with Crippen LogP contribution in [0.5, 0.6) is 0 Å². The molecule has 1 saturated heterocycles. The number of anilines is 1. The van der Waals surface area contributed by atoms with E-state index in [1.165, 1.54) is 18.4 Å². The van der Waals surface area contributed by atoms with E-state index in [0.717, 1.165) is 43.7 Å². The van der Waals surface area contributed by atoms with Gasteiger partial charge in [0.2, 0.25) is 0 Å². The molecule has 1 aromatic carbocycles. The van der Waals surface area contributed by atoms with E-state index in [-0.39, 0.29) is 6.03 Å². The Balaban J connectivity index is 1.47. The molecule has 1 fully saturated rings. The van der Waals surface area contributed by atoms with Gasteiger partial charge in [0.15, 0.2) is 0 Å². The lowest BCUT2D eigenvalue weighted by Gasteiger charge is -2.37. The molecule has 134 valence electrons. The Labute approximate surface area is 151 Å². The van der Waals surface area contributed by atoms with Gasteiger partial charge in [-0.05, 0) is 55.9 Å². The number of aryl methyl sites for hydroxylation is 1. The SMILES string of the molecule is Cc1cccc(NC(=O)N(C)C2CCN(CC3=CCCC=C3)CC2)c1. The maximum Gasteiger partial charge on any atom is 0.321 e. The number of allylic oxidation sites excluding steroid dienone is 2. The van der Waals surface area contributed by atoms with Crippen molar-refractivity contribution in [1.82, 2.24) is 9.80 Å². The monoisotopic (exact) mass is 339 g/mol. The predicted octanol–water partition coefficient (Wildman–Crippen LogP) is 4.20. The second-order valence-corrected chi connectivity index (χ2v) is 7.18. The Kier molecular flexibility index (Phi) is 5.92. The van der Waals surface area contributed by atoms with E-state index in [0.29, 0.717) is 6.04 Å². The number of carbonyl (C=O) groups excluding carboxylic acids is 1. The van der Waals surface area contributed by atoms with Crippen LogP contribution in [-0.4, -0.2) is 48.6 Å². The average molecular weight is 339 g/mol. The minimum Gasteiger partial charge on any atom is -0.325 e. The molecule has 1 N–H and O–H groups in total. The van der Waals surface area contributed by atoms with Gasteiger partial charge in [-0.25, -0.2) is 4.79 Å². The molecule has 1 aliphatic heterocycles. The lowest BCUT2D eigenvalue weighted by atomic mass is 10.0. The molecule has 3 rings (SSSR count). The summed E-state index contributed by atoms with van der Waals surface area (Å²) in [7, 11) is 1.91. The highest BCUT2D eigenvalue weighted by atomic mass is 16.2. The number of nitrogens with zero attached hydrogens (tertiary/aromatic N) is 2. The maximum atomic E-state index is 12.5. The number of rotatable bonds is 4. The summed E-state index contributed by atoms with van der Waals surface area (Å²) in [4.78, 5) is 16.9. The predicted molar refractivity (Wildman–Crippen MR) is 104 cm³/mol. The molecule has 2 amide bonds. The van der Waals surface area contributed by atoms with Crippen molar-refractivity contribution >= 4 is 11.7 Å². The molecule has 1 heterocycles. The second-order valence-electron chi connectivity index (χ2n) is 7.18. The van der Waals surface area contributed by atoms with E-state index in [1.54, 1.807) is 0 Å². The molecule has 0 saturated carbocycles. The summed E-state index contributed by atoms with van der Waals surface area (Å²) in [6, 6.07) is 8.25. The van der Waals surface area contributed by atoms with Crippen molar-refractivity contribution in [2.75, 3.05) is 32.0 Å². The minimum absolute atomic E-state index is 0.0121. The number of likely N-dealkylation sites (tertiary alicyclic amines) is 1. The Bertz CT molecular complexity index is 657. The van der Waals surface area contributed by atoms with Gasteiger partial charge in [0.05, 0.1) is 0 Å². The summed E-state index contributed by atoms with van der Waals surface area (Å²) < 4.78 is 0. The first kappa shape index (κ1) is 17.7. The van der Waals surface area contributed by atoms with Crippen molar-refractivity contribution in [1.29, 1.82) is 0 Å². The topological polar surface area (TPSA) is 35.6 Å². The third-order valence-electron chi connectivity index (χ3n) is 5.17. The van der Waals surface area contributed by atoms with Crippen LogP contribution in [0.15, 0.2) is 48.1 Å². The number of carbonyl (C=O) groups is 1. The molecular weight excluding hydrogens is 310 g/mol. The fourth-order valence-electron chi connectivity index (χ4n) is 3.61. The van der Waals surface area contributed by atoms with Gasteiger partial charge >= 0.3 is 6.03 Å². The van der Waals surface area contributed by atoms with Crippen LogP contribution in [0.4, 0.5) is 10.5 Å². The number of nitrogens with one attached hydrogen (secondary N) is 1. The van der Waals surface area contributed by atoms with Crippen molar-refractivity contribution in [2.45, 2.75) is 38.6 Å². The van der Waals surface area contributed by atoms with Gasteiger partial charge in [-0.1, -0.05) is 30.4 Å². The summed E-state index contributed by atoms with van der Waals surface area (Å²) in [6.07, 6.45) is 11.3. The van der Waals surface area contributed by atoms with Crippen molar-refractivity contribution in [3.63, 3.8) is 0 Å². The summed E-state index contributed by atoms with van der Waals surface area (Å²) in [5, 5.41) is 3.01. The smallest absolute Gasteiger partial charge is 0.321 e. The van der Waals surface area contributed by atoms with E-state index in [4.69, 9.17) is 0 Å². The molecular formula is C21H29N3O. The van der Waals surface area contributed by atoms with E-state index >= 15 is 0 Å². The molecule has 0 atom stereocenters. The molecule has 0 aromatic heterocycles. The summed E-state index contributed by atoms with van der Waals surface area (Å²) in [5.41, 5.74) is 3.46. The molecule has 0 unspecified atom stereocenters. The third kappa shape index (κ3) is 4.95. The van der Waals surface area contributed by atoms with Gasteiger partial charge in [0.25, 0.3) is 0 Å². The fourth-order valence-corrected chi connectivity index (χ4v) is 3.61. The van der Waals surface area contributed by atoms with E-state index in [1.807, 2.05) is 43.1 Å². The lowest BCUT2D eigenvalue weighted by molar-refractivity contribution is 0.147. The first-order valence-electron chi connectivity index (χ1n) is 9.30. The zero-order valence-electron chi connectivity index (χ0n) is 15.4. The van der Waals surface area contributed by atoms with Crippen LogP contribution in [0.1, 0.15) is 31.2 Å². The number of hydrogen-bond donors (Lipinski definition) is 1. The van der Waals surface area contributed by atoms with Gasteiger partial charge in [-0.15, -0.1) is 0 Å². The normalized spacial score (nSPS) is 18.7. The highest BCUT2D eigenvalue weighted by Gasteiger charge is 2.25. The quantitative estimate of drug-likeness (QED) is 0.892. The number of urea groups is 1. The number of piperidine rings is 1. The van der Waals surface area contributed by atoms with Crippen LogP contribution in [-0.2, 0) is 0 Å². The Morgan fingerprint density at radius 1 is 1.28 bits per heavy atom. The minimum atomic E-state index is -0.0121. The van der Waals surface area contributed by atoms with Crippen LogP contribution < -0.4 is 5.32 Å². The molecule has 2 aliphatic rings. The first-order chi connectivity index (χ1) is 12.1. The standard InChI is InChI=1S/C21H29N3O/c1-17-7-6-10-19(15-17)22-21(25)23(2)20-11-13-24(14-12-20)16-18-8-4-3-5-9-18/h4,6-10,15,20H,3,5,11-14,16H2,1-2H3,(H,22,25). The van der Waals surface area contributed by atoms with Crippen LogP contribution >= 0.6 is 0 Å². The second kappa shape index (κ2) is 8.34. The van der Waals surface area contributed by atoms with Crippen LogP contribution in [0.2, 0.25) is 0 Å². The first-order valence-corrected chi connectivity index (χ1v) is 9.30. The third-order valence-corrected chi connectivity index (χ3v) is 5.17. The fraction of sp³-hybridized carbons (Fsp3) is 0.476. The molecule has 1 aliphatic carbocycles. The van der Waals surface area contributed by atoms with Crippen LogP contribution in [0.3, 0.4) is 0 Å². The van der Waals surface area contributed by atoms with Gasteiger partial charge in [-0.2, -0.15) is 0 Å². The van der Waals surface area contributed by atoms with Crippen molar-refractivity contribution in [3.05, 3.63) is 53.6 Å². The molecule has 4 heteroatoms. The van der Waals surface area contributed by atoms with E-state index < -0.39 is 0 Å². The Hall–Kier alpha value is -2.07. The molecule has 25 heavy (non-hydrogen) atoms. The molecule has 1 aromatic rings. The molecule has 0 radical (unpaired) electrons. The molecule has 4 nitrogen and oxygen atoms in total. The summed E-state index contributed by atoms with van der Waals surface area (Å²) in [5.74, 6) is 0. The highest BCUT2D eigenvalue weighted by molar-refractivity contribution is 5.89. The lowest BCUT2D eigenvalue weighted by Crippen LogP contribution is -2.47. The maximum absolute atomic E-state index is 12.5. The number of amides is 2. The largest absolute Gasteiger partial charge is 0.325 e. The zero-order chi connectivity index (χ0) is 17.6. The van der Waals surface area contributed by atoms with Gasteiger partial charge in [-0.3, -0.25) is 4.90 Å². The summed E-state index contributed by atoms with van der Waals surface area (Å²) >= 11 is 0. The van der Waals surface area contributed by atoms with Crippen LogP contribution in [0, 0.1) is 6.92 Å². The van der Waals surface area contributed by atoms with Gasteiger partial charge in [0, 0.05) is 38.4 Å². The average Bonchev–Trinajstić information content (AvgIpc) is 2.62.